The van der Waals surface area contributed by atoms with E-state index in [0.717, 1.165) is 11.3 Å². The van der Waals surface area contributed by atoms with Crippen molar-refractivity contribution >= 4 is 17.6 Å². The number of hydrazine groups is 1. The van der Waals surface area contributed by atoms with Crippen LogP contribution in [0.1, 0.15) is 11.1 Å². The van der Waals surface area contributed by atoms with Gasteiger partial charge in [0.25, 0.3) is 0 Å². The number of benzene rings is 1. The van der Waals surface area contributed by atoms with Gasteiger partial charge in [0, 0.05) is 0 Å². The number of nitrogens with one attached hydrogen (secondary N) is 5. The van der Waals surface area contributed by atoms with Gasteiger partial charge < -0.3 is 5.73 Å². The van der Waals surface area contributed by atoms with Gasteiger partial charge in [-0.1, -0.05) is 6.07 Å². The van der Waals surface area contributed by atoms with E-state index < -0.39 is 0 Å². The molecule has 0 bridgehead atoms. The Hall–Kier alpha value is -2.24. The fraction of sp³-hybridized carbons (Fsp3) is 0.200. The number of guanidine groups is 2. The summed E-state index contributed by atoms with van der Waals surface area (Å²) in [4.78, 5) is 0. The zero-order chi connectivity index (χ0) is 12.1. The molecule has 0 aliphatic rings. The third kappa shape index (κ3) is 3.49. The summed E-state index contributed by atoms with van der Waals surface area (Å²) in [6.07, 6.45) is 0. The van der Waals surface area contributed by atoms with Crippen molar-refractivity contribution in [3.63, 3.8) is 0 Å². The van der Waals surface area contributed by atoms with E-state index in [1.807, 2.05) is 32.0 Å². The van der Waals surface area contributed by atoms with Gasteiger partial charge in [-0.25, -0.2) is 0 Å². The zero-order valence-corrected chi connectivity index (χ0v) is 9.31. The molecule has 7 N–H and O–H groups in total. The molecule has 0 spiro atoms. The van der Waals surface area contributed by atoms with Gasteiger partial charge in [-0.15, -0.1) is 0 Å². The van der Waals surface area contributed by atoms with Crippen LogP contribution < -0.4 is 21.9 Å². The molecule has 0 amide bonds. The molecule has 0 saturated heterocycles. The number of hydrogen-bond acceptors (Lipinski definition) is 3. The van der Waals surface area contributed by atoms with E-state index in [9.17, 15) is 0 Å². The number of nitrogens with two attached hydrogens (primary N) is 1. The van der Waals surface area contributed by atoms with Crippen LogP contribution in [0.25, 0.3) is 0 Å². The molecule has 0 aromatic heterocycles. The zero-order valence-electron chi connectivity index (χ0n) is 9.31. The Kier molecular flexibility index (Phi) is 3.71. The lowest BCUT2D eigenvalue weighted by Gasteiger charge is -2.12. The normalized spacial score (nSPS) is 9.38. The van der Waals surface area contributed by atoms with Crippen LogP contribution in [0.15, 0.2) is 18.2 Å². The van der Waals surface area contributed by atoms with Gasteiger partial charge in [-0.05, 0) is 37.1 Å². The Morgan fingerprint density at radius 3 is 2.44 bits per heavy atom. The Balaban J connectivity index is 2.51. The molecule has 0 saturated carbocycles. The Labute approximate surface area is 94.2 Å². The maximum absolute atomic E-state index is 7.36. The van der Waals surface area contributed by atoms with E-state index in [4.69, 9.17) is 16.6 Å². The van der Waals surface area contributed by atoms with Crippen molar-refractivity contribution < 1.29 is 0 Å². The number of anilines is 1. The molecule has 0 atom stereocenters. The predicted molar refractivity (Wildman–Crippen MR) is 65.5 cm³/mol. The summed E-state index contributed by atoms with van der Waals surface area (Å²) in [5.74, 6) is -0.356. The van der Waals surface area contributed by atoms with Crippen LogP contribution in [0.3, 0.4) is 0 Å². The van der Waals surface area contributed by atoms with Crippen LogP contribution in [0.4, 0.5) is 5.69 Å². The minimum Gasteiger partial charge on any atom is -0.370 e. The lowest BCUT2D eigenvalue weighted by Crippen LogP contribution is -2.45. The molecular formula is C10H16N6. The molecule has 0 aliphatic carbocycles. The molecule has 86 valence electrons. The van der Waals surface area contributed by atoms with Gasteiger partial charge in [0.1, 0.15) is 0 Å². The van der Waals surface area contributed by atoms with Gasteiger partial charge in [0.05, 0.1) is 5.69 Å². The van der Waals surface area contributed by atoms with Gasteiger partial charge in [-0.3, -0.25) is 27.0 Å². The summed E-state index contributed by atoms with van der Waals surface area (Å²) < 4.78 is 0. The summed E-state index contributed by atoms with van der Waals surface area (Å²) in [5.41, 5.74) is 13.7. The highest BCUT2D eigenvalue weighted by atomic mass is 15.4. The molecule has 1 aromatic rings. The van der Waals surface area contributed by atoms with Gasteiger partial charge in [0.2, 0.25) is 5.96 Å². The highest BCUT2D eigenvalue weighted by Crippen LogP contribution is 2.12. The largest absolute Gasteiger partial charge is 0.370 e. The fourth-order valence-electron chi connectivity index (χ4n) is 1.12. The quantitative estimate of drug-likeness (QED) is 0.249. The third-order valence-corrected chi connectivity index (χ3v) is 2.10. The summed E-state index contributed by atoms with van der Waals surface area (Å²) in [7, 11) is 0. The van der Waals surface area contributed by atoms with Crippen molar-refractivity contribution in [1.29, 1.82) is 10.8 Å². The average molecular weight is 220 g/mol. The summed E-state index contributed by atoms with van der Waals surface area (Å²) >= 11 is 0. The van der Waals surface area contributed by atoms with Crippen molar-refractivity contribution in [2.45, 2.75) is 13.8 Å². The minimum absolute atomic E-state index is 0.0780. The minimum atomic E-state index is -0.278. The number of hydrogen-bond donors (Lipinski definition) is 6. The lowest BCUT2D eigenvalue weighted by molar-refractivity contribution is 1.02. The van der Waals surface area contributed by atoms with Crippen molar-refractivity contribution in [1.82, 2.24) is 10.7 Å². The Morgan fingerprint density at radius 1 is 1.19 bits per heavy atom. The first kappa shape index (κ1) is 11.8. The van der Waals surface area contributed by atoms with Gasteiger partial charge in [0.15, 0.2) is 5.96 Å². The monoisotopic (exact) mass is 220 g/mol. The van der Waals surface area contributed by atoms with Crippen molar-refractivity contribution in [2.75, 3.05) is 5.43 Å². The van der Waals surface area contributed by atoms with Crippen LogP contribution in [0.5, 0.6) is 0 Å². The molecule has 16 heavy (non-hydrogen) atoms. The summed E-state index contributed by atoms with van der Waals surface area (Å²) in [6, 6.07) is 5.85. The lowest BCUT2D eigenvalue weighted by atomic mass is 10.1. The highest BCUT2D eigenvalue weighted by molar-refractivity contribution is 5.95. The Morgan fingerprint density at radius 2 is 1.88 bits per heavy atom. The second-order valence-corrected chi connectivity index (χ2v) is 3.46. The van der Waals surface area contributed by atoms with E-state index in [0.29, 0.717) is 0 Å². The van der Waals surface area contributed by atoms with Crippen molar-refractivity contribution in [2.24, 2.45) is 5.73 Å². The summed E-state index contributed by atoms with van der Waals surface area (Å²) in [5, 5.41) is 16.6. The number of rotatable bonds is 2. The van der Waals surface area contributed by atoms with Crippen LogP contribution in [0, 0.1) is 24.7 Å². The molecule has 0 heterocycles. The SMILES string of the molecule is Cc1ccc(NNC(=N)NC(=N)N)cc1C. The maximum atomic E-state index is 7.36. The van der Waals surface area contributed by atoms with Crippen LogP contribution in [-0.2, 0) is 0 Å². The fourth-order valence-corrected chi connectivity index (χ4v) is 1.12. The average Bonchev–Trinajstić information content (AvgIpc) is 2.19. The first-order valence-corrected chi connectivity index (χ1v) is 4.78. The van der Waals surface area contributed by atoms with E-state index in [2.05, 4.69) is 16.2 Å². The topological polar surface area (TPSA) is 110 Å². The van der Waals surface area contributed by atoms with E-state index in [1.54, 1.807) is 0 Å². The Bertz CT molecular complexity index is 412. The smallest absolute Gasteiger partial charge is 0.214 e. The van der Waals surface area contributed by atoms with Crippen LogP contribution in [-0.4, -0.2) is 11.9 Å². The molecule has 1 aromatic carbocycles. The highest BCUT2D eigenvalue weighted by Gasteiger charge is 1.98. The van der Waals surface area contributed by atoms with Gasteiger partial charge in [-0.2, -0.15) is 0 Å². The van der Waals surface area contributed by atoms with Gasteiger partial charge >= 0.3 is 0 Å². The van der Waals surface area contributed by atoms with Crippen molar-refractivity contribution in [3.05, 3.63) is 29.3 Å². The molecule has 1 rings (SSSR count). The predicted octanol–water partition coefficient (Wildman–Crippen LogP) is 0.638. The standard InChI is InChI=1S/C10H16N6/c1-6-3-4-8(5-7(6)2)15-16-10(13)14-9(11)12/h3-5,15H,1-2H3,(H6,11,12,13,14,16). The molecule has 0 fully saturated rings. The second kappa shape index (κ2) is 5.01. The molecule has 0 radical (unpaired) electrons. The van der Waals surface area contributed by atoms with Crippen LogP contribution >= 0.6 is 0 Å². The van der Waals surface area contributed by atoms with E-state index in [1.165, 1.54) is 5.56 Å². The molecule has 6 nitrogen and oxygen atoms in total. The van der Waals surface area contributed by atoms with E-state index >= 15 is 0 Å². The van der Waals surface area contributed by atoms with Crippen molar-refractivity contribution in [3.8, 4) is 0 Å². The summed E-state index contributed by atoms with van der Waals surface area (Å²) in [6.45, 7) is 4.05. The van der Waals surface area contributed by atoms with Crippen LogP contribution in [0.2, 0.25) is 0 Å². The molecular weight excluding hydrogens is 204 g/mol. The number of aryl methyl sites for hydroxylation is 2. The third-order valence-electron chi connectivity index (χ3n) is 2.10. The molecule has 6 heteroatoms. The first-order chi connectivity index (χ1) is 7.49. The second-order valence-electron chi connectivity index (χ2n) is 3.46. The first-order valence-electron chi connectivity index (χ1n) is 4.78. The molecule has 0 aliphatic heterocycles. The molecule has 0 unspecified atom stereocenters. The van der Waals surface area contributed by atoms with E-state index in [-0.39, 0.29) is 11.9 Å². The maximum Gasteiger partial charge on any atom is 0.214 e.